The van der Waals surface area contributed by atoms with Crippen LogP contribution in [0.15, 0.2) is 0 Å². The van der Waals surface area contributed by atoms with Gasteiger partial charge in [0, 0.05) is 24.2 Å². The van der Waals surface area contributed by atoms with Crippen LogP contribution in [0.4, 0.5) is 0 Å². The van der Waals surface area contributed by atoms with Crippen molar-refractivity contribution in [2.75, 3.05) is 6.54 Å². The molecular formula is C22H35N3O3. The lowest BCUT2D eigenvalue weighted by molar-refractivity contribution is -0.123. The minimum Gasteiger partial charge on any atom is -0.354 e. The Hall–Kier alpha value is -2.11. The van der Waals surface area contributed by atoms with Crippen LogP contribution in [-0.2, 0) is 11.2 Å². The van der Waals surface area contributed by atoms with Gasteiger partial charge in [-0.25, -0.2) is 0 Å². The molecule has 0 aromatic carbocycles. The first-order valence-electron chi connectivity index (χ1n) is 10.5. The predicted molar refractivity (Wildman–Crippen MR) is 111 cm³/mol. The van der Waals surface area contributed by atoms with E-state index in [1.807, 2.05) is 6.92 Å². The molecule has 0 saturated carbocycles. The number of amides is 2. The summed E-state index contributed by atoms with van der Waals surface area (Å²) in [5, 5.41) is 5.80. The molecule has 0 spiro atoms. The fourth-order valence-corrected chi connectivity index (χ4v) is 3.88. The maximum Gasteiger partial charge on any atom is 0.268 e. The van der Waals surface area contributed by atoms with Crippen LogP contribution in [0.25, 0.3) is 0 Å². The molecule has 2 amide bonds. The normalized spacial score (nSPS) is 16.4. The monoisotopic (exact) mass is 389 g/mol. The number of carbonyl (C=O) groups excluding carboxylic acids is 3. The van der Waals surface area contributed by atoms with Crippen molar-refractivity contribution in [2.45, 2.75) is 85.6 Å². The van der Waals surface area contributed by atoms with E-state index in [0.717, 1.165) is 37.8 Å². The van der Waals surface area contributed by atoms with Crippen molar-refractivity contribution in [1.29, 1.82) is 0 Å². The lowest BCUT2D eigenvalue weighted by atomic mass is 9.75. The molecule has 1 aromatic heterocycles. The summed E-state index contributed by atoms with van der Waals surface area (Å²) in [5.41, 5.74) is 2.47. The predicted octanol–water partition coefficient (Wildman–Crippen LogP) is 3.68. The fourth-order valence-electron chi connectivity index (χ4n) is 3.88. The Bertz CT molecular complexity index is 734. The third kappa shape index (κ3) is 5.24. The molecule has 1 heterocycles. The van der Waals surface area contributed by atoms with Gasteiger partial charge in [0.2, 0.25) is 5.91 Å². The standard InChI is InChI=1S/C22H35N3O3/c1-6-8-10-15(20(27)23-11-9-7-2)25-21(28)19-14(3)18-16(24-19)12-22(4,5)13-17(18)26/h15,24H,6-13H2,1-5H3,(H,23,27)(H,25,28). The number of carbonyl (C=O) groups is 3. The van der Waals surface area contributed by atoms with E-state index >= 15 is 0 Å². The molecule has 6 heteroatoms. The first-order chi connectivity index (χ1) is 13.2. The zero-order valence-corrected chi connectivity index (χ0v) is 18.0. The van der Waals surface area contributed by atoms with E-state index in [1.165, 1.54) is 0 Å². The van der Waals surface area contributed by atoms with Crippen LogP contribution in [0.3, 0.4) is 0 Å². The first-order valence-corrected chi connectivity index (χ1v) is 10.5. The second kappa shape index (κ2) is 9.39. The number of fused-ring (bicyclic) bond motifs is 1. The molecule has 28 heavy (non-hydrogen) atoms. The Kier molecular flexibility index (Phi) is 7.44. The van der Waals surface area contributed by atoms with Crippen molar-refractivity contribution < 1.29 is 14.4 Å². The molecule has 1 unspecified atom stereocenters. The van der Waals surface area contributed by atoms with Gasteiger partial charge in [0.15, 0.2) is 5.78 Å². The summed E-state index contributed by atoms with van der Waals surface area (Å²) < 4.78 is 0. The Morgan fingerprint density at radius 3 is 2.46 bits per heavy atom. The van der Waals surface area contributed by atoms with Gasteiger partial charge in [0.25, 0.3) is 5.91 Å². The van der Waals surface area contributed by atoms with E-state index in [4.69, 9.17) is 0 Å². The molecule has 156 valence electrons. The van der Waals surface area contributed by atoms with Crippen molar-refractivity contribution in [3.63, 3.8) is 0 Å². The van der Waals surface area contributed by atoms with Crippen LogP contribution < -0.4 is 10.6 Å². The van der Waals surface area contributed by atoms with Crippen LogP contribution in [0.1, 0.15) is 98.3 Å². The number of H-pyrrole nitrogens is 1. The number of ketones is 1. The van der Waals surface area contributed by atoms with Crippen LogP contribution in [-0.4, -0.2) is 35.2 Å². The van der Waals surface area contributed by atoms with Gasteiger partial charge in [-0.15, -0.1) is 0 Å². The third-order valence-electron chi connectivity index (χ3n) is 5.43. The Balaban J connectivity index is 2.17. The zero-order valence-electron chi connectivity index (χ0n) is 18.0. The van der Waals surface area contributed by atoms with Gasteiger partial charge in [0.05, 0.1) is 0 Å². The molecule has 0 aliphatic heterocycles. The van der Waals surface area contributed by atoms with Crippen molar-refractivity contribution in [2.24, 2.45) is 5.41 Å². The van der Waals surface area contributed by atoms with Gasteiger partial charge in [-0.3, -0.25) is 14.4 Å². The molecule has 1 atom stereocenters. The number of aromatic nitrogens is 1. The summed E-state index contributed by atoms with van der Waals surface area (Å²) >= 11 is 0. The van der Waals surface area contributed by atoms with Gasteiger partial charge in [-0.05, 0) is 37.2 Å². The highest BCUT2D eigenvalue weighted by Gasteiger charge is 2.35. The molecule has 1 aromatic rings. The highest BCUT2D eigenvalue weighted by molar-refractivity contribution is 6.05. The van der Waals surface area contributed by atoms with Crippen molar-refractivity contribution in [1.82, 2.24) is 15.6 Å². The van der Waals surface area contributed by atoms with Gasteiger partial charge < -0.3 is 15.6 Å². The van der Waals surface area contributed by atoms with Crippen LogP contribution >= 0.6 is 0 Å². The smallest absolute Gasteiger partial charge is 0.268 e. The van der Waals surface area contributed by atoms with E-state index in [1.54, 1.807) is 0 Å². The molecular weight excluding hydrogens is 354 g/mol. The SMILES string of the molecule is CCCCNC(=O)C(CCCC)NC(=O)c1[nH]c2c(c1C)C(=O)CC(C)(C)C2. The van der Waals surface area contributed by atoms with Gasteiger partial charge in [0.1, 0.15) is 11.7 Å². The lowest BCUT2D eigenvalue weighted by Crippen LogP contribution is -2.47. The summed E-state index contributed by atoms with van der Waals surface area (Å²) in [7, 11) is 0. The molecule has 2 rings (SSSR count). The number of aromatic amines is 1. The molecule has 0 fully saturated rings. The number of Topliss-reactive ketones (excluding diaryl/α,β-unsaturated/α-hetero) is 1. The number of nitrogens with one attached hydrogen (secondary N) is 3. The second-order valence-corrected chi connectivity index (χ2v) is 8.73. The Morgan fingerprint density at radius 2 is 1.82 bits per heavy atom. The molecule has 3 N–H and O–H groups in total. The summed E-state index contributed by atoms with van der Waals surface area (Å²) in [6, 6.07) is -0.559. The average Bonchev–Trinajstić information content (AvgIpc) is 2.93. The Morgan fingerprint density at radius 1 is 1.14 bits per heavy atom. The number of hydrogen-bond acceptors (Lipinski definition) is 3. The second-order valence-electron chi connectivity index (χ2n) is 8.73. The van der Waals surface area contributed by atoms with Crippen molar-refractivity contribution in [3.05, 3.63) is 22.5 Å². The highest BCUT2D eigenvalue weighted by Crippen LogP contribution is 2.36. The fraction of sp³-hybridized carbons (Fsp3) is 0.682. The highest BCUT2D eigenvalue weighted by atomic mass is 16.2. The summed E-state index contributed by atoms with van der Waals surface area (Å²) in [6.45, 7) is 10.7. The molecule has 0 bridgehead atoms. The number of hydrogen-bond donors (Lipinski definition) is 3. The van der Waals surface area contributed by atoms with E-state index in [-0.39, 0.29) is 23.0 Å². The number of unbranched alkanes of at least 4 members (excludes halogenated alkanes) is 2. The lowest BCUT2D eigenvalue weighted by Gasteiger charge is -2.28. The topological polar surface area (TPSA) is 91.1 Å². The van der Waals surface area contributed by atoms with Gasteiger partial charge in [-0.2, -0.15) is 0 Å². The Labute approximate surface area is 168 Å². The third-order valence-corrected chi connectivity index (χ3v) is 5.43. The number of rotatable bonds is 9. The van der Waals surface area contributed by atoms with Crippen molar-refractivity contribution >= 4 is 17.6 Å². The van der Waals surface area contributed by atoms with E-state index in [9.17, 15) is 14.4 Å². The van der Waals surface area contributed by atoms with E-state index < -0.39 is 6.04 Å². The maximum atomic E-state index is 12.9. The molecule has 1 aliphatic carbocycles. The quantitative estimate of drug-likeness (QED) is 0.563. The zero-order chi connectivity index (χ0) is 20.9. The van der Waals surface area contributed by atoms with Crippen LogP contribution in [0.5, 0.6) is 0 Å². The molecule has 0 saturated heterocycles. The van der Waals surface area contributed by atoms with Crippen molar-refractivity contribution in [3.8, 4) is 0 Å². The molecule has 0 radical (unpaired) electrons. The van der Waals surface area contributed by atoms with Crippen LogP contribution in [0, 0.1) is 12.3 Å². The summed E-state index contributed by atoms with van der Waals surface area (Å²) in [5.74, 6) is -0.371. The van der Waals surface area contributed by atoms with Gasteiger partial charge in [-0.1, -0.05) is 47.0 Å². The largest absolute Gasteiger partial charge is 0.354 e. The minimum atomic E-state index is -0.559. The molecule has 6 nitrogen and oxygen atoms in total. The van der Waals surface area contributed by atoms with E-state index in [0.29, 0.717) is 36.2 Å². The van der Waals surface area contributed by atoms with Gasteiger partial charge >= 0.3 is 0 Å². The summed E-state index contributed by atoms with van der Waals surface area (Å²) in [4.78, 5) is 41.2. The first kappa shape index (κ1) is 22.2. The maximum absolute atomic E-state index is 12.9. The summed E-state index contributed by atoms with van der Waals surface area (Å²) in [6.07, 6.45) is 5.56. The van der Waals surface area contributed by atoms with E-state index in [2.05, 4.69) is 43.3 Å². The molecule has 1 aliphatic rings. The average molecular weight is 390 g/mol. The minimum absolute atomic E-state index is 0.0823. The van der Waals surface area contributed by atoms with Crippen LogP contribution in [0.2, 0.25) is 0 Å².